The highest BCUT2D eigenvalue weighted by molar-refractivity contribution is 5.91. The van der Waals surface area contributed by atoms with E-state index >= 15 is 0 Å². The number of rotatable bonds is 6. The number of nitro groups is 1. The Labute approximate surface area is 151 Å². The van der Waals surface area contributed by atoms with Crippen LogP contribution in [-0.4, -0.2) is 46.4 Å². The summed E-state index contributed by atoms with van der Waals surface area (Å²) < 4.78 is 0. The Kier molecular flexibility index (Phi) is 4.95. The number of nitrogens with zero attached hydrogens (tertiary/aromatic N) is 2. The summed E-state index contributed by atoms with van der Waals surface area (Å²) in [4.78, 5) is 36.3. The second kappa shape index (κ2) is 7.03. The Balaban J connectivity index is 1.54. The maximum atomic E-state index is 12.2. The predicted molar refractivity (Wildman–Crippen MR) is 94.9 cm³/mol. The zero-order valence-electron chi connectivity index (χ0n) is 14.7. The molecule has 8 heteroatoms. The molecule has 3 rings (SSSR count). The summed E-state index contributed by atoms with van der Waals surface area (Å²) in [5.41, 5.74) is 0.544. The van der Waals surface area contributed by atoms with Gasteiger partial charge < -0.3 is 15.3 Å². The third-order valence-corrected chi connectivity index (χ3v) is 5.72. The summed E-state index contributed by atoms with van der Waals surface area (Å²) in [6.45, 7) is 3.47. The lowest BCUT2D eigenvalue weighted by molar-refractivity contribution is -0.384. The van der Waals surface area contributed by atoms with Crippen LogP contribution in [0, 0.1) is 28.4 Å². The van der Waals surface area contributed by atoms with Gasteiger partial charge in [0.1, 0.15) is 0 Å². The third kappa shape index (κ3) is 3.41. The molecule has 0 spiro atoms. The van der Waals surface area contributed by atoms with Gasteiger partial charge >= 0.3 is 5.97 Å². The van der Waals surface area contributed by atoms with Crippen molar-refractivity contribution in [2.24, 2.45) is 11.3 Å². The normalized spacial score (nSPS) is 25.0. The first kappa shape index (κ1) is 18.3. The lowest BCUT2D eigenvalue weighted by atomic mass is 9.81. The first-order valence-electron chi connectivity index (χ1n) is 8.82. The van der Waals surface area contributed by atoms with Crippen molar-refractivity contribution in [2.75, 3.05) is 25.0 Å². The van der Waals surface area contributed by atoms with Crippen molar-refractivity contribution in [3.63, 3.8) is 0 Å². The molecular weight excluding hydrogens is 338 g/mol. The number of non-ortho nitro benzene ring substituents is 1. The van der Waals surface area contributed by atoms with Crippen molar-refractivity contribution in [2.45, 2.75) is 32.6 Å². The maximum absolute atomic E-state index is 12.2. The minimum atomic E-state index is -0.714. The number of hydrogen-bond donors (Lipinski definition) is 2. The van der Waals surface area contributed by atoms with Crippen molar-refractivity contribution < 1.29 is 19.6 Å². The van der Waals surface area contributed by atoms with Gasteiger partial charge in [0.25, 0.3) is 5.69 Å². The van der Waals surface area contributed by atoms with E-state index in [-0.39, 0.29) is 23.9 Å². The number of nitro benzene ring substituents is 1. The molecule has 26 heavy (non-hydrogen) atoms. The fourth-order valence-corrected chi connectivity index (χ4v) is 4.29. The number of hydrogen-bond acceptors (Lipinski definition) is 5. The lowest BCUT2D eigenvalue weighted by Crippen LogP contribution is -2.36. The van der Waals surface area contributed by atoms with Crippen molar-refractivity contribution in [1.82, 2.24) is 4.90 Å². The number of nitrogens with one attached hydrogen (secondary N) is 1. The molecule has 1 heterocycles. The van der Waals surface area contributed by atoms with Crippen molar-refractivity contribution >= 4 is 23.3 Å². The molecule has 140 valence electrons. The van der Waals surface area contributed by atoms with E-state index in [0.717, 1.165) is 25.8 Å². The number of anilines is 1. The van der Waals surface area contributed by atoms with Crippen LogP contribution in [0.4, 0.5) is 11.4 Å². The van der Waals surface area contributed by atoms with Crippen LogP contribution < -0.4 is 5.32 Å². The Morgan fingerprint density at radius 1 is 1.46 bits per heavy atom. The predicted octanol–water partition coefficient (Wildman–Crippen LogP) is 2.42. The third-order valence-electron chi connectivity index (χ3n) is 5.72. The fourth-order valence-electron chi connectivity index (χ4n) is 4.29. The Morgan fingerprint density at radius 3 is 2.85 bits per heavy atom. The summed E-state index contributed by atoms with van der Waals surface area (Å²) in [7, 11) is 0. The molecular formula is C18H23N3O5. The van der Waals surface area contributed by atoms with Gasteiger partial charge in [0.15, 0.2) is 0 Å². The molecule has 1 aromatic carbocycles. The molecule has 1 aromatic rings. The van der Waals surface area contributed by atoms with Crippen molar-refractivity contribution in [3.8, 4) is 0 Å². The summed E-state index contributed by atoms with van der Waals surface area (Å²) in [5, 5.41) is 23.1. The standard InChI is InChI=1S/C18H23N3O5/c1-12-9-14(21(25)26)4-5-15(12)19-16(22)6-8-20-10-13-3-2-7-18(13,11-20)17(23)24/h4-5,9,13H,2-3,6-8,10-11H2,1H3,(H,19,22)(H,23,24)/t13-,18+/m0/s1. The molecule has 2 fully saturated rings. The molecule has 1 saturated heterocycles. The molecule has 0 unspecified atom stereocenters. The topological polar surface area (TPSA) is 113 Å². The zero-order chi connectivity index (χ0) is 18.9. The van der Waals surface area contributed by atoms with Gasteiger partial charge in [0.2, 0.25) is 5.91 Å². The second-order valence-corrected chi connectivity index (χ2v) is 7.34. The molecule has 2 aliphatic rings. The molecule has 0 aromatic heterocycles. The monoisotopic (exact) mass is 361 g/mol. The van der Waals surface area contributed by atoms with E-state index < -0.39 is 16.3 Å². The van der Waals surface area contributed by atoms with E-state index in [1.165, 1.54) is 18.2 Å². The molecule has 1 aliphatic carbocycles. The Hall–Kier alpha value is -2.48. The van der Waals surface area contributed by atoms with Crippen LogP contribution in [0.15, 0.2) is 18.2 Å². The Morgan fingerprint density at radius 2 is 2.23 bits per heavy atom. The molecule has 8 nitrogen and oxygen atoms in total. The van der Waals surface area contributed by atoms with Crippen LogP contribution in [0.5, 0.6) is 0 Å². The van der Waals surface area contributed by atoms with Crippen LogP contribution >= 0.6 is 0 Å². The maximum Gasteiger partial charge on any atom is 0.311 e. The second-order valence-electron chi connectivity index (χ2n) is 7.34. The number of likely N-dealkylation sites (tertiary alicyclic amines) is 1. The number of amides is 1. The molecule has 0 bridgehead atoms. The highest BCUT2D eigenvalue weighted by Gasteiger charge is 2.54. The number of benzene rings is 1. The van der Waals surface area contributed by atoms with Crippen molar-refractivity contribution in [1.29, 1.82) is 0 Å². The molecule has 2 N–H and O–H groups in total. The van der Waals surface area contributed by atoms with E-state index in [9.17, 15) is 24.8 Å². The van der Waals surface area contributed by atoms with Gasteiger partial charge in [-0.2, -0.15) is 0 Å². The van der Waals surface area contributed by atoms with Crippen LogP contribution in [-0.2, 0) is 9.59 Å². The quantitative estimate of drug-likeness (QED) is 0.594. The number of carbonyl (C=O) groups excluding carboxylic acids is 1. The number of fused-ring (bicyclic) bond motifs is 1. The molecule has 0 radical (unpaired) electrons. The largest absolute Gasteiger partial charge is 0.481 e. The molecule has 1 aliphatic heterocycles. The molecule has 1 amide bonds. The van der Waals surface area contributed by atoms with Crippen LogP contribution in [0.2, 0.25) is 0 Å². The number of aryl methyl sites for hydroxylation is 1. The van der Waals surface area contributed by atoms with Gasteiger partial charge in [0.05, 0.1) is 10.3 Å². The SMILES string of the molecule is Cc1cc([N+](=O)[O-])ccc1NC(=O)CCN1C[C@@H]2CCC[C@@]2(C(=O)O)C1. The average molecular weight is 361 g/mol. The first-order valence-corrected chi connectivity index (χ1v) is 8.82. The van der Waals surface area contributed by atoms with E-state index in [1.54, 1.807) is 6.92 Å². The van der Waals surface area contributed by atoms with Gasteiger partial charge in [-0.25, -0.2) is 0 Å². The van der Waals surface area contributed by atoms with Crippen LogP contribution in [0.1, 0.15) is 31.2 Å². The fraction of sp³-hybridized carbons (Fsp3) is 0.556. The average Bonchev–Trinajstić information content (AvgIpc) is 3.12. The number of aliphatic carboxylic acids is 1. The van der Waals surface area contributed by atoms with E-state index in [0.29, 0.717) is 24.3 Å². The number of carboxylic acids is 1. The summed E-state index contributed by atoms with van der Waals surface area (Å²) in [6.07, 6.45) is 2.89. The van der Waals surface area contributed by atoms with Gasteiger partial charge in [-0.1, -0.05) is 6.42 Å². The molecule has 1 saturated carbocycles. The number of carbonyl (C=O) groups is 2. The van der Waals surface area contributed by atoms with Gasteiger partial charge in [-0.15, -0.1) is 0 Å². The number of carboxylic acid groups (broad SMARTS) is 1. The highest BCUT2D eigenvalue weighted by Crippen LogP contribution is 2.48. The Bertz CT molecular complexity index is 750. The minimum Gasteiger partial charge on any atom is -0.481 e. The van der Waals surface area contributed by atoms with Crippen LogP contribution in [0.3, 0.4) is 0 Å². The molecule has 2 atom stereocenters. The lowest BCUT2D eigenvalue weighted by Gasteiger charge is -2.23. The van der Waals surface area contributed by atoms with Gasteiger partial charge in [-0.3, -0.25) is 19.7 Å². The summed E-state index contributed by atoms with van der Waals surface area (Å²) in [5.74, 6) is -0.711. The summed E-state index contributed by atoms with van der Waals surface area (Å²) in [6, 6.07) is 4.32. The van der Waals surface area contributed by atoms with Crippen LogP contribution in [0.25, 0.3) is 0 Å². The van der Waals surface area contributed by atoms with Crippen molar-refractivity contribution in [3.05, 3.63) is 33.9 Å². The highest BCUT2D eigenvalue weighted by atomic mass is 16.6. The smallest absolute Gasteiger partial charge is 0.311 e. The van der Waals surface area contributed by atoms with E-state index in [2.05, 4.69) is 10.2 Å². The van der Waals surface area contributed by atoms with Gasteiger partial charge in [-0.05, 0) is 37.3 Å². The first-order chi connectivity index (χ1) is 12.3. The summed E-state index contributed by atoms with van der Waals surface area (Å²) >= 11 is 0. The van der Waals surface area contributed by atoms with E-state index in [4.69, 9.17) is 0 Å². The minimum absolute atomic E-state index is 0.0110. The zero-order valence-corrected chi connectivity index (χ0v) is 14.7. The van der Waals surface area contributed by atoms with Gasteiger partial charge in [0, 0.05) is 43.9 Å². The van der Waals surface area contributed by atoms with E-state index in [1.807, 2.05) is 0 Å².